The lowest BCUT2D eigenvalue weighted by Crippen LogP contribution is -1.96. The van der Waals surface area contributed by atoms with Gasteiger partial charge in [0, 0.05) is 48.5 Å². The molecule has 0 N–H and O–H groups in total. The van der Waals surface area contributed by atoms with Crippen LogP contribution in [0.25, 0.3) is 104 Å². The monoisotopic (exact) mass is 705 g/mol. The second kappa shape index (κ2) is 12.4. The Balaban J connectivity index is 1.11. The SMILES string of the molecule is c1ccc(-c2cc(-c3ccccc3)nc(-c3ccc(-c4ccc5c(c4)c4c6ccccc6sc4n4c6ccccc6c(-c6ccccc6)c54)cc3)n2)cc1. The van der Waals surface area contributed by atoms with E-state index in [4.69, 9.17) is 9.97 Å². The van der Waals surface area contributed by atoms with Gasteiger partial charge >= 0.3 is 0 Å². The van der Waals surface area contributed by atoms with Gasteiger partial charge in [-0.1, -0.05) is 164 Å². The number of thiophene rings is 1. The average Bonchev–Trinajstić information content (AvgIpc) is 3.81. The van der Waals surface area contributed by atoms with Crippen LogP contribution >= 0.6 is 11.3 Å². The molecule has 4 heteroatoms. The Morgan fingerprint density at radius 1 is 0.389 bits per heavy atom. The van der Waals surface area contributed by atoms with Crippen molar-refractivity contribution in [3.05, 3.63) is 188 Å². The largest absolute Gasteiger partial charge is 0.299 e. The maximum absolute atomic E-state index is 5.07. The van der Waals surface area contributed by atoms with E-state index in [-0.39, 0.29) is 0 Å². The van der Waals surface area contributed by atoms with E-state index >= 15 is 0 Å². The minimum Gasteiger partial charge on any atom is -0.299 e. The van der Waals surface area contributed by atoms with Crippen molar-refractivity contribution in [1.29, 1.82) is 0 Å². The van der Waals surface area contributed by atoms with Crippen LogP contribution < -0.4 is 0 Å². The Hall–Kier alpha value is -6.88. The predicted molar refractivity (Wildman–Crippen MR) is 228 cm³/mol. The van der Waals surface area contributed by atoms with Gasteiger partial charge in [0.15, 0.2) is 5.82 Å². The topological polar surface area (TPSA) is 30.2 Å². The number of para-hydroxylation sites is 1. The fraction of sp³-hybridized carbons (Fsp3) is 0. The summed E-state index contributed by atoms with van der Waals surface area (Å²) >= 11 is 1.88. The van der Waals surface area contributed by atoms with Gasteiger partial charge < -0.3 is 0 Å². The normalized spacial score (nSPS) is 11.7. The van der Waals surface area contributed by atoms with Crippen molar-refractivity contribution < 1.29 is 0 Å². The van der Waals surface area contributed by atoms with Gasteiger partial charge in [-0.25, -0.2) is 9.97 Å². The van der Waals surface area contributed by atoms with Crippen LogP contribution in [0.2, 0.25) is 0 Å². The summed E-state index contributed by atoms with van der Waals surface area (Å²) in [4.78, 5) is 11.4. The molecule has 252 valence electrons. The molecule has 0 fully saturated rings. The first-order valence-corrected chi connectivity index (χ1v) is 19.1. The van der Waals surface area contributed by atoms with Crippen LogP contribution in [-0.4, -0.2) is 14.4 Å². The number of aromatic nitrogens is 3. The minimum absolute atomic E-state index is 0.711. The fourth-order valence-electron chi connectivity index (χ4n) is 8.09. The summed E-state index contributed by atoms with van der Waals surface area (Å²) < 4.78 is 3.81. The molecule has 0 aliphatic carbocycles. The standard InChI is InChI=1S/C50H31N3S/c1-4-14-33(15-5-1)42-31-43(34-16-6-2-7-17-34)52-49(51-42)36-26-24-32(25-27-36)37-28-29-38-41(30-37)47-40-21-11-13-23-45(40)54-50(47)53-44-22-12-10-20-39(44)46(48(38)53)35-18-8-3-9-19-35/h1-31H. The smallest absolute Gasteiger partial charge is 0.160 e. The van der Waals surface area contributed by atoms with Gasteiger partial charge in [0.1, 0.15) is 4.83 Å². The average molecular weight is 706 g/mol. The van der Waals surface area contributed by atoms with Gasteiger partial charge in [-0.3, -0.25) is 4.40 Å². The van der Waals surface area contributed by atoms with Crippen molar-refractivity contribution in [2.45, 2.75) is 0 Å². The molecule has 0 spiro atoms. The minimum atomic E-state index is 0.711. The van der Waals surface area contributed by atoms with Crippen molar-refractivity contribution in [2.24, 2.45) is 0 Å². The summed E-state index contributed by atoms with van der Waals surface area (Å²) in [5, 5.41) is 6.38. The summed E-state index contributed by atoms with van der Waals surface area (Å²) in [5.41, 5.74) is 12.3. The second-order valence-electron chi connectivity index (χ2n) is 13.8. The van der Waals surface area contributed by atoms with Gasteiger partial charge in [-0.2, -0.15) is 0 Å². The van der Waals surface area contributed by atoms with Crippen LogP contribution in [0.3, 0.4) is 0 Å². The quantitative estimate of drug-likeness (QED) is 0.178. The Morgan fingerprint density at radius 2 is 0.944 bits per heavy atom. The Bertz CT molecular complexity index is 3120. The number of pyridine rings is 1. The molecular weight excluding hydrogens is 675 g/mol. The third-order valence-corrected chi connectivity index (χ3v) is 11.8. The van der Waals surface area contributed by atoms with Crippen molar-refractivity contribution >= 4 is 58.8 Å². The summed E-state index contributed by atoms with van der Waals surface area (Å²) in [6.45, 7) is 0. The van der Waals surface area contributed by atoms with Crippen LogP contribution in [0.1, 0.15) is 0 Å². The molecule has 0 aliphatic rings. The molecule has 0 bridgehead atoms. The molecule has 0 amide bonds. The van der Waals surface area contributed by atoms with Crippen molar-refractivity contribution in [3.8, 4) is 56.2 Å². The Labute approximate surface area is 316 Å². The summed E-state index contributed by atoms with van der Waals surface area (Å²) in [6.07, 6.45) is 0. The highest BCUT2D eigenvalue weighted by molar-refractivity contribution is 7.25. The fourth-order valence-corrected chi connectivity index (χ4v) is 9.33. The van der Waals surface area contributed by atoms with E-state index in [1.54, 1.807) is 0 Å². The molecule has 3 nitrogen and oxygen atoms in total. The Morgan fingerprint density at radius 3 is 1.63 bits per heavy atom. The van der Waals surface area contributed by atoms with E-state index < -0.39 is 0 Å². The number of benzene rings is 7. The third-order valence-electron chi connectivity index (χ3n) is 10.6. The number of hydrogen-bond acceptors (Lipinski definition) is 3. The lowest BCUT2D eigenvalue weighted by Gasteiger charge is -2.12. The Kier molecular flexibility index (Phi) is 7.04. The second-order valence-corrected chi connectivity index (χ2v) is 14.8. The van der Waals surface area contributed by atoms with Gasteiger partial charge in [0.05, 0.1) is 22.4 Å². The summed E-state index contributed by atoms with van der Waals surface area (Å²) in [7, 11) is 0. The zero-order valence-corrected chi connectivity index (χ0v) is 30.0. The maximum Gasteiger partial charge on any atom is 0.160 e. The van der Waals surface area contributed by atoms with Gasteiger partial charge in [-0.05, 0) is 46.3 Å². The maximum atomic E-state index is 5.07. The number of rotatable bonds is 5. The third kappa shape index (κ3) is 4.88. The highest BCUT2D eigenvalue weighted by Gasteiger charge is 2.22. The first kappa shape index (κ1) is 30.7. The molecule has 11 rings (SSSR count). The van der Waals surface area contributed by atoms with Crippen LogP contribution in [0, 0.1) is 0 Å². The first-order chi connectivity index (χ1) is 26.8. The van der Waals surface area contributed by atoms with Crippen LogP contribution in [0.4, 0.5) is 0 Å². The lowest BCUT2D eigenvalue weighted by atomic mass is 9.95. The van der Waals surface area contributed by atoms with E-state index in [9.17, 15) is 0 Å². The van der Waals surface area contributed by atoms with E-state index in [1.807, 2.05) is 23.5 Å². The van der Waals surface area contributed by atoms with Gasteiger partial charge in [0.25, 0.3) is 0 Å². The van der Waals surface area contributed by atoms with Crippen molar-refractivity contribution in [1.82, 2.24) is 14.4 Å². The van der Waals surface area contributed by atoms with Crippen LogP contribution in [0.5, 0.6) is 0 Å². The summed E-state index contributed by atoms with van der Waals surface area (Å²) in [6, 6.07) is 67.1. The molecule has 0 aliphatic heterocycles. The van der Waals surface area contributed by atoms with Gasteiger partial charge in [-0.15, -0.1) is 11.3 Å². The molecule has 11 aromatic rings. The molecular formula is C50H31N3S. The molecule has 4 heterocycles. The van der Waals surface area contributed by atoms with E-state index in [0.717, 1.165) is 33.6 Å². The molecule has 7 aromatic carbocycles. The number of hydrogen-bond donors (Lipinski definition) is 0. The zero-order valence-electron chi connectivity index (χ0n) is 29.1. The van der Waals surface area contributed by atoms with Crippen LogP contribution in [-0.2, 0) is 0 Å². The van der Waals surface area contributed by atoms with Crippen molar-refractivity contribution in [2.75, 3.05) is 0 Å². The number of fused-ring (bicyclic) bond motifs is 10. The van der Waals surface area contributed by atoms with E-state index in [2.05, 4.69) is 180 Å². The molecule has 0 saturated heterocycles. The molecule has 0 unspecified atom stereocenters. The van der Waals surface area contributed by atoms with E-state index in [1.165, 1.54) is 64.2 Å². The highest BCUT2D eigenvalue weighted by atomic mass is 32.1. The molecule has 0 saturated carbocycles. The first-order valence-electron chi connectivity index (χ1n) is 18.2. The van der Waals surface area contributed by atoms with Crippen LogP contribution in [0.15, 0.2) is 188 Å². The van der Waals surface area contributed by atoms with Crippen molar-refractivity contribution in [3.63, 3.8) is 0 Å². The highest BCUT2D eigenvalue weighted by Crippen LogP contribution is 2.47. The summed E-state index contributed by atoms with van der Waals surface area (Å²) in [5.74, 6) is 0.711. The molecule has 54 heavy (non-hydrogen) atoms. The van der Waals surface area contributed by atoms with Gasteiger partial charge in [0.2, 0.25) is 0 Å². The molecule has 0 atom stereocenters. The molecule has 0 radical (unpaired) electrons. The molecule has 4 aromatic heterocycles. The predicted octanol–water partition coefficient (Wildman–Crippen LogP) is 13.7. The zero-order chi connectivity index (χ0) is 35.6. The number of nitrogens with zero attached hydrogens (tertiary/aromatic N) is 3. The lowest BCUT2D eigenvalue weighted by molar-refractivity contribution is 1.18. The van der Waals surface area contributed by atoms with E-state index in [0.29, 0.717) is 5.82 Å².